The van der Waals surface area contributed by atoms with Crippen molar-refractivity contribution >= 4 is 24.3 Å². The minimum atomic E-state index is -0.512. The van der Waals surface area contributed by atoms with Crippen molar-refractivity contribution < 1.29 is 14.5 Å². The highest BCUT2D eigenvalue weighted by atomic mass is 32.1. The molecule has 0 saturated carbocycles. The van der Waals surface area contributed by atoms with Crippen LogP contribution in [-0.4, -0.2) is 23.3 Å². The fourth-order valence-corrected chi connectivity index (χ4v) is 1.40. The topological polar surface area (TPSA) is 69.4 Å². The van der Waals surface area contributed by atoms with E-state index in [2.05, 4.69) is 12.6 Å². The molecule has 0 bridgehead atoms. The molecule has 0 aliphatic rings. The van der Waals surface area contributed by atoms with Crippen molar-refractivity contribution in [1.29, 1.82) is 0 Å². The van der Waals surface area contributed by atoms with Crippen LogP contribution in [0.1, 0.15) is 23.2 Å². The summed E-state index contributed by atoms with van der Waals surface area (Å²) < 4.78 is 4.99. The first kappa shape index (κ1) is 13.5. The third kappa shape index (κ3) is 4.44. The second kappa shape index (κ2) is 6.90. The van der Waals surface area contributed by atoms with E-state index in [0.717, 1.165) is 18.6 Å². The van der Waals surface area contributed by atoms with Gasteiger partial charge in [-0.25, -0.2) is 4.79 Å². The summed E-state index contributed by atoms with van der Waals surface area (Å²) in [5.74, 6) is 0.300. The number of non-ortho nitro benzene ring substituents is 1. The molecule has 1 rings (SSSR count). The molecule has 1 aromatic rings. The van der Waals surface area contributed by atoms with Crippen LogP contribution in [0, 0.1) is 10.1 Å². The van der Waals surface area contributed by atoms with Gasteiger partial charge in [0.1, 0.15) is 0 Å². The number of ether oxygens (including phenoxy) is 1. The van der Waals surface area contributed by atoms with Crippen LogP contribution in [0.4, 0.5) is 5.69 Å². The van der Waals surface area contributed by atoms with Crippen molar-refractivity contribution in [3.63, 3.8) is 0 Å². The molecule has 6 heteroatoms. The number of nitro benzene ring substituents is 1. The maximum absolute atomic E-state index is 11.5. The first-order valence-corrected chi connectivity index (χ1v) is 5.81. The molecule has 0 aromatic heterocycles. The van der Waals surface area contributed by atoms with Gasteiger partial charge in [-0.2, -0.15) is 12.6 Å². The molecule has 1 aromatic carbocycles. The number of carbonyl (C=O) groups is 1. The Morgan fingerprint density at radius 3 is 2.47 bits per heavy atom. The summed E-state index contributed by atoms with van der Waals surface area (Å²) in [6.07, 6.45) is 1.65. The Morgan fingerprint density at radius 1 is 1.29 bits per heavy atom. The van der Waals surface area contributed by atoms with Crippen LogP contribution in [0.25, 0.3) is 0 Å². The second-order valence-corrected chi connectivity index (χ2v) is 3.82. The van der Waals surface area contributed by atoms with E-state index in [-0.39, 0.29) is 5.69 Å². The summed E-state index contributed by atoms with van der Waals surface area (Å²) >= 11 is 4.04. The standard InChI is InChI=1S/C11H13NO4S/c13-11(16-7-1-2-8-17)9-3-5-10(6-4-9)12(14)15/h3-6,17H,1-2,7-8H2. The summed E-state index contributed by atoms with van der Waals surface area (Å²) in [5.41, 5.74) is 0.276. The van der Waals surface area contributed by atoms with E-state index < -0.39 is 10.9 Å². The lowest BCUT2D eigenvalue weighted by Crippen LogP contribution is -2.06. The van der Waals surface area contributed by atoms with Gasteiger partial charge in [-0.05, 0) is 30.7 Å². The third-order valence-corrected chi connectivity index (χ3v) is 2.42. The van der Waals surface area contributed by atoms with Crippen molar-refractivity contribution in [2.45, 2.75) is 12.8 Å². The largest absolute Gasteiger partial charge is 0.462 e. The number of hydrogen-bond donors (Lipinski definition) is 1. The van der Waals surface area contributed by atoms with Crippen molar-refractivity contribution in [2.75, 3.05) is 12.4 Å². The van der Waals surface area contributed by atoms with Gasteiger partial charge in [0.05, 0.1) is 17.1 Å². The smallest absolute Gasteiger partial charge is 0.338 e. The first-order chi connectivity index (χ1) is 8.15. The molecular weight excluding hydrogens is 242 g/mol. The number of benzene rings is 1. The fourth-order valence-electron chi connectivity index (χ4n) is 1.18. The number of nitro groups is 1. The summed E-state index contributed by atoms with van der Waals surface area (Å²) in [6, 6.07) is 5.34. The SMILES string of the molecule is O=C(OCCCCS)c1ccc([N+](=O)[O-])cc1. The highest BCUT2D eigenvalue weighted by Crippen LogP contribution is 2.12. The molecule has 0 spiro atoms. The predicted molar refractivity (Wildman–Crippen MR) is 66.5 cm³/mol. The van der Waals surface area contributed by atoms with Crippen molar-refractivity contribution in [3.8, 4) is 0 Å². The lowest BCUT2D eigenvalue weighted by Gasteiger charge is -2.03. The number of thiol groups is 1. The van der Waals surface area contributed by atoms with E-state index in [9.17, 15) is 14.9 Å². The first-order valence-electron chi connectivity index (χ1n) is 5.17. The van der Waals surface area contributed by atoms with E-state index >= 15 is 0 Å². The second-order valence-electron chi connectivity index (χ2n) is 3.37. The third-order valence-electron chi connectivity index (χ3n) is 2.10. The summed E-state index contributed by atoms with van der Waals surface area (Å²) in [4.78, 5) is 21.4. The van der Waals surface area contributed by atoms with Gasteiger partial charge in [0, 0.05) is 12.1 Å². The predicted octanol–water partition coefficient (Wildman–Crippen LogP) is 2.46. The van der Waals surface area contributed by atoms with Gasteiger partial charge in [0.2, 0.25) is 0 Å². The zero-order valence-electron chi connectivity index (χ0n) is 9.17. The van der Waals surface area contributed by atoms with Gasteiger partial charge in [0.15, 0.2) is 0 Å². The molecular formula is C11H13NO4S. The number of rotatable bonds is 6. The lowest BCUT2D eigenvalue weighted by atomic mass is 10.2. The lowest BCUT2D eigenvalue weighted by molar-refractivity contribution is -0.384. The Hall–Kier alpha value is -1.56. The van der Waals surface area contributed by atoms with E-state index in [1.54, 1.807) is 0 Å². The molecule has 0 fully saturated rings. The van der Waals surface area contributed by atoms with Gasteiger partial charge < -0.3 is 4.74 Å². The monoisotopic (exact) mass is 255 g/mol. The molecule has 0 unspecified atom stereocenters. The Balaban J connectivity index is 2.49. The number of esters is 1. The molecule has 0 radical (unpaired) electrons. The minimum Gasteiger partial charge on any atom is -0.462 e. The van der Waals surface area contributed by atoms with Gasteiger partial charge >= 0.3 is 5.97 Å². The van der Waals surface area contributed by atoms with Crippen LogP contribution in [0.3, 0.4) is 0 Å². The molecule has 0 amide bonds. The zero-order valence-corrected chi connectivity index (χ0v) is 10.1. The molecule has 17 heavy (non-hydrogen) atoms. The molecule has 0 N–H and O–H groups in total. The average Bonchev–Trinajstić information content (AvgIpc) is 2.34. The summed E-state index contributed by atoms with van der Waals surface area (Å²) in [6.45, 7) is 0.344. The van der Waals surface area contributed by atoms with Crippen LogP contribution in [0.2, 0.25) is 0 Å². The van der Waals surface area contributed by atoms with Crippen molar-refractivity contribution in [1.82, 2.24) is 0 Å². The molecule has 92 valence electrons. The van der Waals surface area contributed by atoms with E-state index in [1.807, 2.05) is 0 Å². The minimum absolute atomic E-state index is 0.0448. The van der Waals surface area contributed by atoms with Gasteiger partial charge in [-0.15, -0.1) is 0 Å². The highest BCUT2D eigenvalue weighted by molar-refractivity contribution is 7.80. The van der Waals surface area contributed by atoms with Gasteiger partial charge in [-0.1, -0.05) is 0 Å². The van der Waals surface area contributed by atoms with Crippen LogP contribution < -0.4 is 0 Å². The molecule has 0 heterocycles. The van der Waals surface area contributed by atoms with E-state index in [0.29, 0.717) is 12.2 Å². The fraction of sp³-hybridized carbons (Fsp3) is 0.364. The van der Waals surface area contributed by atoms with Gasteiger partial charge in [0.25, 0.3) is 5.69 Å². The average molecular weight is 255 g/mol. The zero-order chi connectivity index (χ0) is 12.7. The number of nitrogens with zero attached hydrogens (tertiary/aromatic N) is 1. The maximum Gasteiger partial charge on any atom is 0.338 e. The van der Waals surface area contributed by atoms with Crippen LogP contribution in [-0.2, 0) is 4.74 Å². The molecule has 0 aliphatic heterocycles. The molecule has 5 nitrogen and oxygen atoms in total. The molecule has 0 atom stereocenters. The summed E-state index contributed by atoms with van der Waals surface area (Å²) in [5, 5.41) is 10.4. The molecule has 0 saturated heterocycles. The number of carbonyl (C=O) groups excluding carboxylic acids is 1. The van der Waals surface area contributed by atoms with Gasteiger partial charge in [-0.3, -0.25) is 10.1 Å². The quantitative estimate of drug-likeness (QED) is 0.279. The maximum atomic E-state index is 11.5. The number of unbranched alkanes of at least 4 members (excludes halogenated alkanes) is 1. The Labute approximate surface area is 104 Å². The molecule has 0 aliphatic carbocycles. The van der Waals surface area contributed by atoms with Crippen LogP contribution >= 0.6 is 12.6 Å². The summed E-state index contributed by atoms with van der Waals surface area (Å²) in [7, 11) is 0. The van der Waals surface area contributed by atoms with Crippen LogP contribution in [0.5, 0.6) is 0 Å². The highest BCUT2D eigenvalue weighted by Gasteiger charge is 2.09. The Morgan fingerprint density at radius 2 is 1.94 bits per heavy atom. The van der Waals surface area contributed by atoms with Crippen molar-refractivity contribution in [3.05, 3.63) is 39.9 Å². The Bertz CT molecular complexity index is 391. The number of hydrogen-bond acceptors (Lipinski definition) is 5. The van der Waals surface area contributed by atoms with E-state index in [4.69, 9.17) is 4.74 Å². The normalized spacial score (nSPS) is 9.94. The van der Waals surface area contributed by atoms with Crippen molar-refractivity contribution in [2.24, 2.45) is 0 Å². The Kier molecular flexibility index (Phi) is 5.48. The van der Waals surface area contributed by atoms with Crippen LogP contribution in [0.15, 0.2) is 24.3 Å². The van der Waals surface area contributed by atoms with E-state index in [1.165, 1.54) is 24.3 Å².